The van der Waals surface area contributed by atoms with E-state index in [2.05, 4.69) is 16.6 Å². The maximum Gasteiger partial charge on any atom is 0.344 e. The van der Waals surface area contributed by atoms with Gasteiger partial charge in [-0.25, -0.2) is 0 Å². The van der Waals surface area contributed by atoms with Crippen LogP contribution in [0.25, 0.3) is 0 Å². The molecule has 0 saturated heterocycles. The van der Waals surface area contributed by atoms with E-state index in [1.54, 1.807) is 31.4 Å². The molecule has 2 aromatic rings. The Kier molecular flexibility index (Phi) is 6.03. The van der Waals surface area contributed by atoms with Gasteiger partial charge in [0.1, 0.15) is 5.75 Å². The molecule has 0 saturated carbocycles. The molecular weight excluding hydrogens is 390 g/mol. The van der Waals surface area contributed by atoms with Crippen molar-refractivity contribution >= 4 is 27.5 Å². The van der Waals surface area contributed by atoms with Gasteiger partial charge in [-0.1, -0.05) is 31.2 Å². The molecule has 2 aromatic carbocycles. The number of carbonyl (C=O) groups excluding carboxylic acids is 1. The zero-order chi connectivity index (χ0) is 21.0. The molecule has 1 heterocycles. The third-order valence-corrected chi connectivity index (χ3v) is 5.91. The molecule has 0 bridgehead atoms. The van der Waals surface area contributed by atoms with Crippen LogP contribution in [-0.2, 0) is 28.0 Å². The average molecular weight is 413 g/mol. The lowest BCUT2D eigenvalue weighted by Crippen LogP contribution is -2.32. The van der Waals surface area contributed by atoms with Crippen LogP contribution in [0.15, 0.2) is 64.7 Å². The van der Waals surface area contributed by atoms with E-state index in [1.807, 2.05) is 24.3 Å². The SMILES string of the molecule is CCc1ccc(NC(=O)C2=CN(Cc3ccc(OC)cc3)S(=O)(=O)N=C2C)cc1. The summed E-state index contributed by atoms with van der Waals surface area (Å²) >= 11 is 0. The van der Waals surface area contributed by atoms with Gasteiger partial charge in [-0.05, 0) is 48.7 Å². The van der Waals surface area contributed by atoms with E-state index < -0.39 is 16.1 Å². The zero-order valence-electron chi connectivity index (χ0n) is 16.5. The van der Waals surface area contributed by atoms with Gasteiger partial charge in [0.2, 0.25) is 0 Å². The monoisotopic (exact) mass is 413 g/mol. The standard InChI is InChI=1S/C21H23N3O4S/c1-4-16-5-9-18(10-6-16)22-21(25)20-14-24(29(26,27)23-15(20)2)13-17-7-11-19(28-3)12-8-17/h5-12,14H,4,13H2,1-3H3,(H,22,25). The van der Waals surface area contributed by atoms with Crippen LogP contribution in [0.2, 0.25) is 0 Å². The Balaban J connectivity index is 1.82. The number of nitrogens with zero attached hydrogens (tertiary/aromatic N) is 2. The van der Waals surface area contributed by atoms with Crippen molar-refractivity contribution in [2.24, 2.45) is 4.40 Å². The highest BCUT2D eigenvalue weighted by molar-refractivity contribution is 7.88. The zero-order valence-corrected chi connectivity index (χ0v) is 17.4. The minimum Gasteiger partial charge on any atom is -0.497 e. The van der Waals surface area contributed by atoms with E-state index in [-0.39, 0.29) is 17.8 Å². The Labute approximate surface area is 170 Å². The molecule has 0 unspecified atom stereocenters. The Morgan fingerprint density at radius 3 is 2.28 bits per heavy atom. The van der Waals surface area contributed by atoms with Crippen LogP contribution in [0, 0.1) is 0 Å². The van der Waals surface area contributed by atoms with Crippen molar-refractivity contribution in [3.05, 3.63) is 71.4 Å². The number of anilines is 1. The highest BCUT2D eigenvalue weighted by Gasteiger charge is 2.28. The van der Waals surface area contributed by atoms with Crippen molar-refractivity contribution in [3.8, 4) is 5.75 Å². The van der Waals surface area contributed by atoms with E-state index in [0.29, 0.717) is 11.4 Å². The first kappa shape index (κ1) is 20.6. The molecule has 152 valence electrons. The molecule has 0 radical (unpaired) electrons. The van der Waals surface area contributed by atoms with Crippen LogP contribution >= 0.6 is 0 Å². The first-order valence-corrected chi connectivity index (χ1v) is 10.6. The van der Waals surface area contributed by atoms with Crippen LogP contribution < -0.4 is 10.1 Å². The summed E-state index contributed by atoms with van der Waals surface area (Å²) in [5.41, 5.74) is 2.90. The Bertz CT molecular complexity index is 1060. The van der Waals surface area contributed by atoms with Crippen LogP contribution in [0.3, 0.4) is 0 Å². The molecule has 29 heavy (non-hydrogen) atoms. The Morgan fingerprint density at radius 2 is 1.69 bits per heavy atom. The first-order valence-electron chi connectivity index (χ1n) is 9.16. The summed E-state index contributed by atoms with van der Waals surface area (Å²) in [6, 6.07) is 14.5. The number of nitrogens with one attached hydrogen (secondary N) is 1. The molecule has 1 aliphatic heterocycles. The number of hydrogen-bond acceptors (Lipinski definition) is 4. The summed E-state index contributed by atoms with van der Waals surface area (Å²) in [5, 5.41) is 2.79. The largest absolute Gasteiger partial charge is 0.497 e. The number of benzene rings is 2. The number of ether oxygens (including phenoxy) is 1. The van der Waals surface area contributed by atoms with Crippen molar-refractivity contribution in [2.45, 2.75) is 26.8 Å². The average Bonchev–Trinajstić information content (AvgIpc) is 2.70. The molecular formula is C21H23N3O4S. The summed E-state index contributed by atoms with van der Waals surface area (Å²) in [6.07, 6.45) is 2.24. The van der Waals surface area contributed by atoms with Crippen molar-refractivity contribution in [1.29, 1.82) is 0 Å². The fraction of sp³-hybridized carbons (Fsp3) is 0.238. The van der Waals surface area contributed by atoms with Gasteiger partial charge in [0.05, 0.1) is 24.9 Å². The second kappa shape index (κ2) is 8.48. The number of amides is 1. The van der Waals surface area contributed by atoms with Crippen molar-refractivity contribution in [3.63, 3.8) is 0 Å². The van der Waals surface area contributed by atoms with Gasteiger partial charge in [-0.3, -0.25) is 9.10 Å². The number of methoxy groups -OCH3 is 1. The molecule has 0 aliphatic carbocycles. The first-order chi connectivity index (χ1) is 13.8. The maximum absolute atomic E-state index is 12.7. The summed E-state index contributed by atoms with van der Waals surface area (Å²) in [5.74, 6) is 0.263. The lowest BCUT2D eigenvalue weighted by molar-refractivity contribution is -0.112. The van der Waals surface area contributed by atoms with Crippen LogP contribution in [0.4, 0.5) is 5.69 Å². The summed E-state index contributed by atoms with van der Waals surface area (Å²) in [7, 11) is -2.34. The van der Waals surface area contributed by atoms with Gasteiger partial charge < -0.3 is 10.1 Å². The predicted octanol–water partition coefficient (Wildman–Crippen LogP) is 3.30. The van der Waals surface area contributed by atoms with Crippen molar-refractivity contribution in [1.82, 2.24) is 4.31 Å². The van der Waals surface area contributed by atoms with Crippen LogP contribution in [0.1, 0.15) is 25.0 Å². The van der Waals surface area contributed by atoms with Gasteiger partial charge in [-0.2, -0.15) is 8.42 Å². The molecule has 0 fully saturated rings. The van der Waals surface area contributed by atoms with Crippen molar-refractivity contribution in [2.75, 3.05) is 12.4 Å². The number of hydrogen-bond donors (Lipinski definition) is 1. The molecule has 1 aliphatic rings. The quantitative estimate of drug-likeness (QED) is 0.787. The second-order valence-corrected chi connectivity index (χ2v) is 8.14. The summed E-state index contributed by atoms with van der Waals surface area (Å²) in [6.45, 7) is 3.62. The molecule has 0 aromatic heterocycles. The Hall–Kier alpha value is -3.13. The normalized spacial score (nSPS) is 15.3. The van der Waals surface area contributed by atoms with Crippen LogP contribution in [0.5, 0.6) is 5.75 Å². The van der Waals surface area contributed by atoms with E-state index in [4.69, 9.17) is 4.74 Å². The molecule has 1 N–H and O–H groups in total. The highest BCUT2D eigenvalue weighted by Crippen LogP contribution is 2.22. The Morgan fingerprint density at radius 1 is 1.07 bits per heavy atom. The summed E-state index contributed by atoms with van der Waals surface area (Å²) in [4.78, 5) is 12.7. The minimum atomic E-state index is -3.90. The fourth-order valence-electron chi connectivity index (χ4n) is 2.86. The van der Waals surface area contributed by atoms with E-state index in [1.165, 1.54) is 13.1 Å². The third kappa shape index (κ3) is 4.83. The molecule has 0 atom stereocenters. The maximum atomic E-state index is 12.7. The van der Waals surface area contributed by atoms with E-state index in [9.17, 15) is 13.2 Å². The molecule has 7 nitrogen and oxygen atoms in total. The van der Waals surface area contributed by atoms with E-state index in [0.717, 1.165) is 21.9 Å². The lowest BCUT2D eigenvalue weighted by Gasteiger charge is -2.23. The molecule has 8 heteroatoms. The number of rotatable bonds is 6. The minimum absolute atomic E-state index is 0.0606. The van der Waals surface area contributed by atoms with Gasteiger partial charge >= 0.3 is 10.2 Å². The van der Waals surface area contributed by atoms with Gasteiger partial charge in [0.15, 0.2) is 0 Å². The molecule has 3 rings (SSSR count). The van der Waals surface area contributed by atoms with Crippen molar-refractivity contribution < 1.29 is 17.9 Å². The summed E-state index contributed by atoms with van der Waals surface area (Å²) < 4.78 is 34.8. The molecule has 1 amide bonds. The van der Waals surface area contributed by atoms with Gasteiger partial charge in [-0.15, -0.1) is 4.40 Å². The number of aryl methyl sites for hydroxylation is 1. The highest BCUT2D eigenvalue weighted by atomic mass is 32.2. The predicted molar refractivity (Wildman–Crippen MR) is 113 cm³/mol. The van der Waals surface area contributed by atoms with E-state index >= 15 is 0 Å². The van der Waals surface area contributed by atoms with Crippen LogP contribution in [-0.4, -0.2) is 31.5 Å². The topological polar surface area (TPSA) is 88.1 Å². The number of carbonyl (C=O) groups is 1. The van der Waals surface area contributed by atoms with Gasteiger partial charge in [0, 0.05) is 11.9 Å². The third-order valence-electron chi connectivity index (χ3n) is 4.57. The molecule has 0 spiro atoms. The fourth-order valence-corrected chi connectivity index (χ4v) is 3.96. The lowest BCUT2D eigenvalue weighted by atomic mass is 10.1. The van der Waals surface area contributed by atoms with Gasteiger partial charge in [0.25, 0.3) is 5.91 Å². The smallest absolute Gasteiger partial charge is 0.344 e. The second-order valence-electron chi connectivity index (χ2n) is 6.60.